The fraction of sp³-hybridized carbons (Fsp3) is 0.317. The maximum Gasteiger partial charge on any atom is 0.0747 e. The highest BCUT2D eigenvalue weighted by Crippen LogP contribution is 2.53. The largest absolute Gasteiger partial charge is 0.313 e. The smallest absolute Gasteiger partial charge is 0.0747 e. The van der Waals surface area contributed by atoms with E-state index in [1.54, 1.807) is 0 Å². The van der Waals surface area contributed by atoms with Crippen LogP contribution in [0, 0.1) is 5.92 Å². The van der Waals surface area contributed by atoms with Crippen molar-refractivity contribution in [1.82, 2.24) is 4.57 Å². The van der Waals surface area contributed by atoms with Crippen LogP contribution in [-0.2, 0) is 22.7 Å². The summed E-state index contributed by atoms with van der Waals surface area (Å²) in [5.74, 6) is 0.321. The molecule has 2 heteroatoms. The highest BCUT2D eigenvalue weighted by molar-refractivity contribution is 6.15. The lowest BCUT2D eigenvalue weighted by atomic mass is 9.63. The summed E-state index contributed by atoms with van der Waals surface area (Å²) < 4.78 is 2.65. The van der Waals surface area contributed by atoms with E-state index in [2.05, 4.69) is 174 Å². The van der Waals surface area contributed by atoms with Crippen LogP contribution in [0.25, 0.3) is 55.5 Å². The molecule has 0 bridgehead atoms. The van der Waals surface area contributed by atoms with Crippen LogP contribution < -0.4 is 10.6 Å². The fourth-order valence-electron chi connectivity index (χ4n) is 12.5. The first-order valence-electron chi connectivity index (χ1n) is 23.4. The Morgan fingerprint density at radius 3 is 2.26 bits per heavy atom. The lowest BCUT2D eigenvalue weighted by Gasteiger charge is -2.42. The average Bonchev–Trinajstić information content (AvgIpc) is 3.64. The van der Waals surface area contributed by atoms with Crippen LogP contribution in [0.15, 0.2) is 143 Å². The summed E-state index contributed by atoms with van der Waals surface area (Å²) in [6.07, 6.45) is 23.3. The van der Waals surface area contributed by atoms with Gasteiger partial charge >= 0.3 is 0 Å². The van der Waals surface area contributed by atoms with E-state index in [4.69, 9.17) is 4.99 Å². The van der Waals surface area contributed by atoms with Crippen LogP contribution in [0.3, 0.4) is 0 Å². The summed E-state index contributed by atoms with van der Waals surface area (Å²) in [5.41, 5.74) is 21.2. The van der Waals surface area contributed by atoms with Crippen molar-refractivity contribution in [1.29, 1.82) is 0 Å². The summed E-state index contributed by atoms with van der Waals surface area (Å²) in [4.78, 5) is 5.87. The molecule has 0 N–H and O–H groups in total. The molecule has 0 saturated heterocycles. The Labute approximate surface area is 367 Å². The minimum atomic E-state index is -0.0191. The summed E-state index contributed by atoms with van der Waals surface area (Å²) in [6.45, 7) is 17.0. The normalized spacial score (nSPS) is 21.9. The second kappa shape index (κ2) is 13.4. The molecule has 2 nitrogen and oxygen atoms in total. The van der Waals surface area contributed by atoms with Crippen LogP contribution in [0.4, 0.5) is 0 Å². The fourth-order valence-corrected chi connectivity index (χ4v) is 12.5. The van der Waals surface area contributed by atoms with E-state index < -0.39 is 0 Å². The predicted molar refractivity (Wildman–Crippen MR) is 263 cm³/mol. The minimum absolute atomic E-state index is 0.0191. The third-order valence-electron chi connectivity index (χ3n) is 16.1. The van der Waals surface area contributed by atoms with Crippen molar-refractivity contribution < 1.29 is 0 Å². The molecule has 0 radical (unpaired) electrons. The molecule has 308 valence electrons. The second-order valence-electron chi connectivity index (χ2n) is 21.2. The first kappa shape index (κ1) is 38.0. The van der Waals surface area contributed by atoms with Crippen LogP contribution in [0.1, 0.15) is 127 Å². The predicted octanol–water partition coefficient (Wildman–Crippen LogP) is 14.3. The van der Waals surface area contributed by atoms with E-state index in [0.717, 1.165) is 38.5 Å². The molecule has 62 heavy (non-hydrogen) atoms. The van der Waals surface area contributed by atoms with Crippen LogP contribution >= 0.6 is 0 Å². The van der Waals surface area contributed by atoms with Gasteiger partial charge in [0.2, 0.25) is 0 Å². The van der Waals surface area contributed by atoms with E-state index in [1.807, 2.05) is 0 Å². The molecule has 0 fully saturated rings. The van der Waals surface area contributed by atoms with Crippen molar-refractivity contribution in [3.05, 3.63) is 182 Å². The lowest BCUT2D eigenvalue weighted by molar-refractivity contribution is 0.332. The molecule has 0 amide bonds. The first-order chi connectivity index (χ1) is 29.9. The highest BCUT2D eigenvalue weighted by atomic mass is 15.0. The molecule has 1 aliphatic heterocycles. The van der Waals surface area contributed by atoms with Gasteiger partial charge in [0.05, 0.1) is 22.1 Å². The molecule has 1 atom stereocenters. The molecule has 6 aromatic rings. The van der Waals surface area contributed by atoms with Gasteiger partial charge in [-0.25, -0.2) is 4.99 Å². The zero-order valence-corrected chi connectivity index (χ0v) is 37.7. The molecular weight excluding hydrogens is 749 g/mol. The SMILES string of the molecule is CC1=C(C2=CCCC(n3c4cc5c(cc4c4cc6ccccc6cc43)C(C)(C)CCC5(C)C)=C2)N=c2c3c(ccc2=C(C2C=C4C(=CC2)c2ccccc2C4(C)C)C1)C=CCC3. The number of allylic oxidation sites excluding steroid dienone is 9. The van der Waals surface area contributed by atoms with Crippen molar-refractivity contribution >= 4 is 55.5 Å². The quantitative estimate of drug-likeness (QED) is 0.169. The highest BCUT2D eigenvalue weighted by Gasteiger charge is 2.41. The number of nitrogens with zero attached hydrogens (tertiary/aromatic N) is 2. The molecule has 0 spiro atoms. The van der Waals surface area contributed by atoms with E-state index in [1.165, 1.54) is 129 Å². The van der Waals surface area contributed by atoms with Crippen molar-refractivity contribution in [2.45, 2.75) is 116 Å². The second-order valence-corrected chi connectivity index (χ2v) is 21.2. The molecular formula is C60H58N2. The zero-order chi connectivity index (χ0) is 42.3. The molecule has 2 heterocycles. The summed E-state index contributed by atoms with van der Waals surface area (Å²) in [5, 5.41) is 7.89. The lowest BCUT2D eigenvalue weighted by Crippen LogP contribution is -2.34. The van der Waals surface area contributed by atoms with Crippen LogP contribution in [-0.4, -0.2) is 4.57 Å². The Hall–Kier alpha value is -5.73. The number of rotatable bonds is 3. The van der Waals surface area contributed by atoms with Gasteiger partial charge in [-0.15, -0.1) is 0 Å². The molecule has 1 unspecified atom stereocenters. The number of benzene rings is 5. The molecule has 6 aliphatic rings. The van der Waals surface area contributed by atoms with Gasteiger partial charge in [-0.1, -0.05) is 133 Å². The summed E-state index contributed by atoms with van der Waals surface area (Å²) in [7, 11) is 0. The van der Waals surface area contributed by atoms with Gasteiger partial charge in [0.1, 0.15) is 0 Å². The number of aromatic nitrogens is 1. The van der Waals surface area contributed by atoms with E-state index in [-0.39, 0.29) is 16.2 Å². The van der Waals surface area contributed by atoms with Crippen molar-refractivity contribution in [2.75, 3.05) is 0 Å². The first-order valence-corrected chi connectivity index (χ1v) is 23.4. The van der Waals surface area contributed by atoms with E-state index >= 15 is 0 Å². The third kappa shape index (κ3) is 5.57. The number of fused-ring (bicyclic) bond motifs is 11. The Morgan fingerprint density at radius 1 is 0.710 bits per heavy atom. The van der Waals surface area contributed by atoms with Gasteiger partial charge in [-0.3, -0.25) is 0 Å². The summed E-state index contributed by atoms with van der Waals surface area (Å²) >= 11 is 0. The third-order valence-corrected chi connectivity index (χ3v) is 16.1. The molecule has 5 aliphatic carbocycles. The van der Waals surface area contributed by atoms with Crippen LogP contribution in [0.2, 0.25) is 0 Å². The number of hydrogen-bond donors (Lipinski definition) is 0. The van der Waals surface area contributed by atoms with E-state index in [9.17, 15) is 0 Å². The Bertz CT molecular complexity index is 3320. The molecule has 12 rings (SSSR count). The maximum absolute atomic E-state index is 5.87. The van der Waals surface area contributed by atoms with Crippen molar-refractivity contribution in [3.8, 4) is 0 Å². The zero-order valence-electron chi connectivity index (χ0n) is 37.7. The summed E-state index contributed by atoms with van der Waals surface area (Å²) in [6, 6.07) is 32.9. The maximum atomic E-state index is 5.87. The topological polar surface area (TPSA) is 17.3 Å². The van der Waals surface area contributed by atoms with Crippen molar-refractivity contribution in [2.24, 2.45) is 10.9 Å². The molecule has 0 saturated carbocycles. The standard InChI is InChI=1S/C60H58N2/c1-36-29-47(40-24-25-45-44-21-12-13-22-50(44)60(6,7)51(45)32-40)46-26-23-37-15-10-11-20-43(37)57(46)61-56(36)41-18-14-19-42(30-41)62-54-33-39-17-9-8-16-38(39)31-48(54)49-34-52-53(35-55(49)62)59(4,5)28-27-58(52,2)3/h8-10,12-13,15-18,21-23,25-26,30-35,40H,11,14,19-20,24,27-29H2,1-7H3. The molecule has 1 aromatic heterocycles. The average molecular weight is 807 g/mol. The Kier molecular flexibility index (Phi) is 8.20. The number of hydrogen-bond acceptors (Lipinski definition) is 1. The van der Waals surface area contributed by atoms with Crippen molar-refractivity contribution in [3.63, 3.8) is 0 Å². The van der Waals surface area contributed by atoms with Gasteiger partial charge in [-0.05, 0) is 171 Å². The monoisotopic (exact) mass is 806 g/mol. The molecule has 5 aromatic carbocycles. The Morgan fingerprint density at radius 2 is 1.44 bits per heavy atom. The van der Waals surface area contributed by atoms with Gasteiger partial charge in [0.25, 0.3) is 0 Å². The Balaban J connectivity index is 1.04. The van der Waals surface area contributed by atoms with Gasteiger partial charge in [0, 0.05) is 33.0 Å². The van der Waals surface area contributed by atoms with Gasteiger partial charge < -0.3 is 4.57 Å². The minimum Gasteiger partial charge on any atom is -0.313 e. The van der Waals surface area contributed by atoms with Gasteiger partial charge in [0.15, 0.2) is 0 Å². The van der Waals surface area contributed by atoms with Crippen LogP contribution in [0.5, 0.6) is 0 Å². The van der Waals surface area contributed by atoms with Gasteiger partial charge in [-0.2, -0.15) is 0 Å². The van der Waals surface area contributed by atoms with E-state index in [0.29, 0.717) is 5.92 Å².